The molecule has 0 bridgehead atoms. The maximum absolute atomic E-state index is 12.9. The molecular weight excluding hydrogens is 336 g/mol. The number of aromatic nitrogens is 3. The second-order valence-electron chi connectivity index (χ2n) is 7.41. The van der Waals surface area contributed by atoms with Gasteiger partial charge in [0.2, 0.25) is 0 Å². The highest BCUT2D eigenvalue weighted by Crippen LogP contribution is 2.33. The standard InChI is InChI=1S/C22H22N4O/c1-25-11-8-19-18(5-10-24-21(19)25)15-6-12-26(13-7-15)22(27)17-2-3-20-16(14-17)4-9-23-20/h2-5,8-11,14-15,23H,6-7,12-13H2,1H3. The zero-order chi connectivity index (χ0) is 18.4. The van der Waals surface area contributed by atoms with Gasteiger partial charge in [-0.3, -0.25) is 4.79 Å². The second kappa shape index (κ2) is 6.27. The van der Waals surface area contributed by atoms with Crippen LogP contribution in [0.1, 0.15) is 34.7 Å². The summed E-state index contributed by atoms with van der Waals surface area (Å²) in [6, 6.07) is 12.2. The number of fused-ring (bicyclic) bond motifs is 2. The Morgan fingerprint density at radius 3 is 2.85 bits per heavy atom. The van der Waals surface area contributed by atoms with Gasteiger partial charge in [0.05, 0.1) is 0 Å². The lowest BCUT2D eigenvalue weighted by molar-refractivity contribution is 0.0713. The Kier molecular flexibility index (Phi) is 3.74. The monoisotopic (exact) mass is 358 g/mol. The summed E-state index contributed by atoms with van der Waals surface area (Å²) in [5.74, 6) is 0.616. The zero-order valence-corrected chi connectivity index (χ0v) is 15.4. The average molecular weight is 358 g/mol. The molecule has 1 aliphatic heterocycles. The predicted molar refractivity (Wildman–Crippen MR) is 107 cm³/mol. The molecule has 4 heterocycles. The van der Waals surface area contributed by atoms with E-state index in [-0.39, 0.29) is 5.91 Å². The highest BCUT2D eigenvalue weighted by molar-refractivity contribution is 5.98. The quantitative estimate of drug-likeness (QED) is 0.587. The van der Waals surface area contributed by atoms with Crippen molar-refractivity contribution in [3.05, 3.63) is 66.1 Å². The van der Waals surface area contributed by atoms with Crippen molar-refractivity contribution in [1.82, 2.24) is 19.4 Å². The number of likely N-dealkylation sites (tertiary alicyclic amines) is 1. The van der Waals surface area contributed by atoms with Gasteiger partial charge in [-0.15, -0.1) is 0 Å². The van der Waals surface area contributed by atoms with Crippen LogP contribution < -0.4 is 0 Å². The lowest BCUT2D eigenvalue weighted by Gasteiger charge is -2.32. The van der Waals surface area contributed by atoms with Crippen LogP contribution in [0.5, 0.6) is 0 Å². The molecule has 0 spiro atoms. The molecule has 1 amide bonds. The number of aromatic amines is 1. The van der Waals surface area contributed by atoms with Crippen LogP contribution in [-0.4, -0.2) is 38.4 Å². The fraction of sp³-hybridized carbons (Fsp3) is 0.273. The molecule has 1 saturated heterocycles. The van der Waals surface area contributed by atoms with Crippen molar-refractivity contribution < 1.29 is 4.79 Å². The number of rotatable bonds is 2. The van der Waals surface area contributed by atoms with Gasteiger partial charge in [0, 0.05) is 60.6 Å². The van der Waals surface area contributed by atoms with E-state index in [0.717, 1.165) is 48.0 Å². The summed E-state index contributed by atoms with van der Waals surface area (Å²) in [6.07, 6.45) is 7.86. The van der Waals surface area contributed by atoms with Gasteiger partial charge in [-0.1, -0.05) is 0 Å². The number of carbonyl (C=O) groups excluding carboxylic acids is 1. The largest absolute Gasteiger partial charge is 0.361 e. The first-order valence-electron chi connectivity index (χ1n) is 9.47. The summed E-state index contributed by atoms with van der Waals surface area (Å²) < 4.78 is 2.06. The van der Waals surface area contributed by atoms with Crippen molar-refractivity contribution in [3.63, 3.8) is 0 Å². The minimum atomic E-state index is 0.135. The molecule has 0 atom stereocenters. The van der Waals surface area contributed by atoms with Gasteiger partial charge in [-0.05, 0) is 60.7 Å². The molecule has 1 N–H and O–H groups in total. The Morgan fingerprint density at radius 1 is 1.15 bits per heavy atom. The SMILES string of the molecule is Cn1ccc2c(C3CCN(C(=O)c4ccc5[nH]ccc5c4)CC3)ccnc21. The van der Waals surface area contributed by atoms with Gasteiger partial charge < -0.3 is 14.5 Å². The zero-order valence-electron chi connectivity index (χ0n) is 15.4. The van der Waals surface area contributed by atoms with E-state index in [9.17, 15) is 4.79 Å². The summed E-state index contributed by atoms with van der Waals surface area (Å²) in [4.78, 5) is 22.6. The molecule has 27 heavy (non-hydrogen) atoms. The van der Waals surface area contributed by atoms with Gasteiger partial charge in [-0.2, -0.15) is 0 Å². The lowest BCUT2D eigenvalue weighted by Crippen LogP contribution is -2.37. The fourth-order valence-corrected chi connectivity index (χ4v) is 4.30. The highest BCUT2D eigenvalue weighted by Gasteiger charge is 2.26. The minimum Gasteiger partial charge on any atom is -0.361 e. The molecule has 1 fully saturated rings. The van der Waals surface area contributed by atoms with Crippen LogP contribution in [0.25, 0.3) is 21.9 Å². The van der Waals surface area contributed by atoms with E-state index < -0.39 is 0 Å². The molecule has 3 aromatic heterocycles. The molecule has 1 aliphatic rings. The number of pyridine rings is 1. The van der Waals surface area contributed by atoms with E-state index in [1.54, 1.807) is 0 Å². The third kappa shape index (κ3) is 2.70. The van der Waals surface area contributed by atoms with Crippen molar-refractivity contribution in [2.75, 3.05) is 13.1 Å². The molecule has 0 aliphatic carbocycles. The molecule has 0 radical (unpaired) electrons. The van der Waals surface area contributed by atoms with E-state index in [0.29, 0.717) is 5.92 Å². The topological polar surface area (TPSA) is 53.9 Å². The Bertz CT molecular complexity index is 1130. The van der Waals surface area contributed by atoms with E-state index in [1.165, 1.54) is 10.9 Å². The third-order valence-electron chi connectivity index (χ3n) is 5.82. The minimum absolute atomic E-state index is 0.135. The first-order valence-corrected chi connectivity index (χ1v) is 9.47. The summed E-state index contributed by atoms with van der Waals surface area (Å²) >= 11 is 0. The van der Waals surface area contributed by atoms with Crippen LogP contribution in [0.4, 0.5) is 0 Å². The van der Waals surface area contributed by atoms with Crippen molar-refractivity contribution in [3.8, 4) is 0 Å². The normalized spacial score (nSPS) is 15.7. The van der Waals surface area contributed by atoms with E-state index in [4.69, 9.17) is 0 Å². The smallest absolute Gasteiger partial charge is 0.253 e. The number of hydrogen-bond donors (Lipinski definition) is 1. The first kappa shape index (κ1) is 16.1. The first-order chi connectivity index (χ1) is 13.2. The number of H-pyrrole nitrogens is 1. The van der Waals surface area contributed by atoms with E-state index in [1.807, 2.05) is 48.6 Å². The van der Waals surface area contributed by atoms with Crippen LogP contribution in [0.3, 0.4) is 0 Å². The van der Waals surface area contributed by atoms with Crippen molar-refractivity contribution in [1.29, 1.82) is 0 Å². The lowest BCUT2D eigenvalue weighted by atomic mass is 9.88. The number of aryl methyl sites for hydroxylation is 1. The summed E-state index contributed by atoms with van der Waals surface area (Å²) in [6.45, 7) is 1.59. The van der Waals surface area contributed by atoms with Crippen molar-refractivity contribution >= 4 is 27.8 Å². The Balaban J connectivity index is 1.34. The Labute approximate surface area is 157 Å². The van der Waals surface area contributed by atoms with Crippen molar-refractivity contribution in [2.45, 2.75) is 18.8 Å². The van der Waals surface area contributed by atoms with Gasteiger partial charge in [-0.25, -0.2) is 4.98 Å². The highest BCUT2D eigenvalue weighted by atomic mass is 16.2. The number of piperidine rings is 1. The van der Waals surface area contributed by atoms with Crippen LogP contribution >= 0.6 is 0 Å². The summed E-state index contributed by atoms with van der Waals surface area (Å²) in [5.41, 5.74) is 4.23. The van der Waals surface area contributed by atoms with Crippen LogP contribution in [0, 0.1) is 0 Å². The maximum atomic E-state index is 12.9. The molecule has 5 rings (SSSR count). The molecule has 5 nitrogen and oxygen atoms in total. The number of nitrogens with one attached hydrogen (secondary N) is 1. The third-order valence-corrected chi connectivity index (χ3v) is 5.82. The van der Waals surface area contributed by atoms with E-state index in [2.05, 4.69) is 32.9 Å². The Hall–Kier alpha value is -3.08. The average Bonchev–Trinajstić information content (AvgIpc) is 3.33. The number of hydrogen-bond acceptors (Lipinski definition) is 2. The van der Waals surface area contributed by atoms with Gasteiger partial charge in [0.15, 0.2) is 0 Å². The van der Waals surface area contributed by atoms with Gasteiger partial charge >= 0.3 is 0 Å². The number of amides is 1. The second-order valence-corrected chi connectivity index (χ2v) is 7.41. The van der Waals surface area contributed by atoms with Crippen molar-refractivity contribution in [2.24, 2.45) is 7.05 Å². The van der Waals surface area contributed by atoms with Gasteiger partial charge in [0.1, 0.15) is 5.65 Å². The predicted octanol–water partition coefficient (Wildman–Crippen LogP) is 4.07. The molecule has 1 aromatic carbocycles. The number of benzene rings is 1. The summed E-state index contributed by atoms with van der Waals surface area (Å²) in [7, 11) is 2.03. The fourth-order valence-electron chi connectivity index (χ4n) is 4.30. The molecule has 0 unspecified atom stereocenters. The van der Waals surface area contributed by atoms with Crippen LogP contribution in [0.2, 0.25) is 0 Å². The maximum Gasteiger partial charge on any atom is 0.253 e. The number of carbonyl (C=O) groups is 1. The molecule has 0 saturated carbocycles. The molecule has 136 valence electrons. The Morgan fingerprint density at radius 2 is 2.00 bits per heavy atom. The molecule has 5 heteroatoms. The van der Waals surface area contributed by atoms with Gasteiger partial charge in [0.25, 0.3) is 5.91 Å². The number of nitrogens with zero attached hydrogens (tertiary/aromatic N) is 3. The molecular formula is C22H22N4O. The molecule has 4 aromatic rings. The van der Waals surface area contributed by atoms with Crippen LogP contribution in [0.15, 0.2) is 55.0 Å². The van der Waals surface area contributed by atoms with Crippen LogP contribution in [-0.2, 0) is 7.05 Å². The summed E-state index contributed by atoms with van der Waals surface area (Å²) in [5, 5.41) is 2.32. The van der Waals surface area contributed by atoms with E-state index >= 15 is 0 Å².